The van der Waals surface area contributed by atoms with E-state index in [1.807, 2.05) is 19.1 Å². The van der Waals surface area contributed by atoms with Gasteiger partial charge in [-0.15, -0.1) is 0 Å². The third-order valence-electron chi connectivity index (χ3n) is 1.84. The summed E-state index contributed by atoms with van der Waals surface area (Å²) in [7, 11) is 1.57. The van der Waals surface area contributed by atoms with Gasteiger partial charge in [-0.2, -0.15) is 0 Å². The van der Waals surface area contributed by atoms with Crippen LogP contribution in [0.15, 0.2) is 24.3 Å². The van der Waals surface area contributed by atoms with E-state index in [0.29, 0.717) is 18.0 Å². The summed E-state index contributed by atoms with van der Waals surface area (Å²) in [5, 5.41) is 0. The topological polar surface area (TPSA) is 59.6 Å². The molecule has 0 saturated heterocycles. The number of nitrogens with one attached hydrogen (secondary N) is 2. The quantitative estimate of drug-likeness (QED) is 0.752. The second-order valence-electron chi connectivity index (χ2n) is 3.09. The van der Waals surface area contributed by atoms with Crippen molar-refractivity contribution >= 4 is 11.8 Å². The molecule has 2 N–H and O–H groups in total. The molecule has 0 aliphatic rings. The van der Waals surface area contributed by atoms with E-state index in [1.165, 1.54) is 0 Å². The first kappa shape index (κ1) is 12.2. The van der Waals surface area contributed by atoms with Crippen molar-refractivity contribution in [2.75, 3.05) is 19.1 Å². The number of hydrogen-bond donors (Lipinski definition) is 2. The Balaban J connectivity index is 2.44. The monoisotopic (exact) mass is 224 g/mol. The highest BCUT2D eigenvalue weighted by molar-refractivity contribution is 5.70. The summed E-state index contributed by atoms with van der Waals surface area (Å²) in [5.74, 6) is 0.651. The normalized spacial score (nSPS) is 9.38. The molecular weight excluding hydrogens is 208 g/mol. The van der Waals surface area contributed by atoms with Crippen molar-refractivity contribution in [2.24, 2.45) is 0 Å². The standard InChI is InChI=1S/C11H16N2O3/c1-3-8-16-11(14)13-12-9-6-4-5-7-10(9)15-2/h4-7,12H,3,8H2,1-2H3,(H,13,14). The van der Waals surface area contributed by atoms with Gasteiger partial charge in [0.15, 0.2) is 0 Å². The zero-order valence-electron chi connectivity index (χ0n) is 9.45. The SMILES string of the molecule is CCCOC(=O)NNc1ccccc1OC. The minimum absolute atomic E-state index is 0.402. The van der Waals surface area contributed by atoms with Crippen molar-refractivity contribution in [2.45, 2.75) is 13.3 Å². The summed E-state index contributed by atoms with van der Waals surface area (Å²) < 4.78 is 9.94. The molecule has 0 aromatic heterocycles. The number of rotatable bonds is 5. The van der Waals surface area contributed by atoms with Crippen LogP contribution in [-0.4, -0.2) is 19.8 Å². The number of hydrazine groups is 1. The number of methoxy groups -OCH3 is 1. The number of para-hydroxylation sites is 2. The molecular formula is C11H16N2O3. The predicted octanol–water partition coefficient (Wildman–Crippen LogP) is 2.16. The van der Waals surface area contributed by atoms with Crippen LogP contribution >= 0.6 is 0 Å². The lowest BCUT2D eigenvalue weighted by atomic mass is 10.3. The van der Waals surface area contributed by atoms with Crippen LogP contribution in [0, 0.1) is 0 Å². The molecule has 16 heavy (non-hydrogen) atoms. The molecule has 0 aliphatic heterocycles. The first-order chi connectivity index (χ1) is 7.77. The van der Waals surface area contributed by atoms with Gasteiger partial charge in [0.1, 0.15) is 5.75 Å². The van der Waals surface area contributed by atoms with Gasteiger partial charge in [0.25, 0.3) is 0 Å². The van der Waals surface area contributed by atoms with E-state index < -0.39 is 6.09 Å². The zero-order chi connectivity index (χ0) is 11.8. The van der Waals surface area contributed by atoms with Gasteiger partial charge in [-0.05, 0) is 18.6 Å². The summed E-state index contributed by atoms with van der Waals surface area (Å²) in [6, 6.07) is 7.27. The van der Waals surface area contributed by atoms with Crippen LogP contribution in [0.2, 0.25) is 0 Å². The van der Waals surface area contributed by atoms with Gasteiger partial charge in [-0.25, -0.2) is 10.2 Å². The third kappa shape index (κ3) is 3.68. The summed E-state index contributed by atoms with van der Waals surface area (Å²) in [6.45, 7) is 2.33. The van der Waals surface area contributed by atoms with Crippen LogP contribution in [-0.2, 0) is 4.74 Å². The second kappa shape index (κ2) is 6.55. The van der Waals surface area contributed by atoms with E-state index in [-0.39, 0.29) is 0 Å². The minimum atomic E-state index is -0.507. The van der Waals surface area contributed by atoms with Crippen LogP contribution in [0.4, 0.5) is 10.5 Å². The van der Waals surface area contributed by atoms with E-state index in [4.69, 9.17) is 9.47 Å². The average Bonchev–Trinajstić information content (AvgIpc) is 2.34. The van der Waals surface area contributed by atoms with Crippen LogP contribution in [0.25, 0.3) is 0 Å². The first-order valence-electron chi connectivity index (χ1n) is 5.09. The van der Waals surface area contributed by atoms with Crippen molar-refractivity contribution in [3.05, 3.63) is 24.3 Å². The van der Waals surface area contributed by atoms with Gasteiger partial charge in [-0.3, -0.25) is 5.43 Å². The summed E-state index contributed by atoms with van der Waals surface area (Å²) >= 11 is 0. The molecule has 5 heteroatoms. The molecule has 0 bridgehead atoms. The zero-order valence-corrected chi connectivity index (χ0v) is 9.45. The number of benzene rings is 1. The Bertz CT molecular complexity index is 342. The fourth-order valence-corrected chi connectivity index (χ4v) is 1.10. The number of carbonyl (C=O) groups excluding carboxylic acids is 1. The van der Waals surface area contributed by atoms with Crippen LogP contribution < -0.4 is 15.6 Å². The molecule has 1 aromatic rings. The van der Waals surface area contributed by atoms with Crippen molar-refractivity contribution in [1.29, 1.82) is 0 Å². The van der Waals surface area contributed by atoms with E-state index >= 15 is 0 Å². The van der Waals surface area contributed by atoms with E-state index in [9.17, 15) is 4.79 Å². The average molecular weight is 224 g/mol. The van der Waals surface area contributed by atoms with Crippen LogP contribution in [0.5, 0.6) is 5.75 Å². The number of ether oxygens (including phenoxy) is 2. The molecule has 0 fully saturated rings. The van der Waals surface area contributed by atoms with Crippen molar-refractivity contribution in [3.8, 4) is 5.75 Å². The largest absolute Gasteiger partial charge is 0.495 e. The third-order valence-corrected chi connectivity index (χ3v) is 1.84. The molecule has 0 saturated carbocycles. The highest BCUT2D eigenvalue weighted by Crippen LogP contribution is 2.21. The summed E-state index contributed by atoms with van der Waals surface area (Å²) in [5.41, 5.74) is 5.82. The Morgan fingerprint density at radius 3 is 2.81 bits per heavy atom. The number of anilines is 1. The molecule has 1 rings (SSSR count). The van der Waals surface area contributed by atoms with Gasteiger partial charge in [0, 0.05) is 0 Å². The van der Waals surface area contributed by atoms with Gasteiger partial charge < -0.3 is 9.47 Å². The molecule has 0 heterocycles. The smallest absolute Gasteiger partial charge is 0.425 e. The van der Waals surface area contributed by atoms with Crippen molar-refractivity contribution < 1.29 is 14.3 Å². The molecule has 1 amide bonds. The van der Waals surface area contributed by atoms with Gasteiger partial charge >= 0.3 is 6.09 Å². The fourth-order valence-electron chi connectivity index (χ4n) is 1.10. The Morgan fingerprint density at radius 1 is 1.38 bits per heavy atom. The van der Waals surface area contributed by atoms with Gasteiger partial charge in [0.2, 0.25) is 0 Å². The van der Waals surface area contributed by atoms with E-state index in [0.717, 1.165) is 6.42 Å². The van der Waals surface area contributed by atoms with Gasteiger partial charge in [0.05, 0.1) is 19.4 Å². The maximum absolute atomic E-state index is 11.1. The molecule has 0 unspecified atom stereocenters. The number of hydrogen-bond acceptors (Lipinski definition) is 4. The molecule has 0 spiro atoms. The first-order valence-corrected chi connectivity index (χ1v) is 5.09. The Labute approximate surface area is 94.7 Å². The maximum Gasteiger partial charge on any atom is 0.425 e. The molecule has 0 radical (unpaired) electrons. The lowest BCUT2D eigenvalue weighted by molar-refractivity contribution is 0.148. The molecule has 88 valence electrons. The minimum Gasteiger partial charge on any atom is -0.495 e. The fraction of sp³-hybridized carbons (Fsp3) is 0.364. The molecule has 1 aromatic carbocycles. The lowest BCUT2D eigenvalue weighted by Gasteiger charge is -2.11. The van der Waals surface area contributed by atoms with Crippen LogP contribution in [0.3, 0.4) is 0 Å². The van der Waals surface area contributed by atoms with Crippen molar-refractivity contribution in [1.82, 2.24) is 5.43 Å². The summed E-state index contributed by atoms with van der Waals surface area (Å²) in [6.07, 6.45) is 0.287. The number of amides is 1. The van der Waals surface area contributed by atoms with Crippen molar-refractivity contribution in [3.63, 3.8) is 0 Å². The molecule has 5 nitrogen and oxygen atoms in total. The Kier molecular flexibility index (Phi) is 4.98. The number of carbonyl (C=O) groups is 1. The van der Waals surface area contributed by atoms with E-state index in [2.05, 4.69) is 10.9 Å². The molecule has 0 atom stereocenters. The lowest BCUT2D eigenvalue weighted by Crippen LogP contribution is -2.30. The Hall–Kier alpha value is -1.91. The molecule has 0 aliphatic carbocycles. The van der Waals surface area contributed by atoms with Gasteiger partial charge in [-0.1, -0.05) is 19.1 Å². The maximum atomic E-state index is 11.1. The summed E-state index contributed by atoms with van der Waals surface area (Å²) in [4.78, 5) is 11.1. The van der Waals surface area contributed by atoms with Crippen LogP contribution in [0.1, 0.15) is 13.3 Å². The predicted molar refractivity (Wildman–Crippen MR) is 61.4 cm³/mol. The highest BCUT2D eigenvalue weighted by Gasteiger charge is 2.03. The Morgan fingerprint density at radius 2 is 2.12 bits per heavy atom. The van der Waals surface area contributed by atoms with E-state index in [1.54, 1.807) is 19.2 Å². The highest BCUT2D eigenvalue weighted by atomic mass is 16.6. The second-order valence-corrected chi connectivity index (χ2v) is 3.09.